The van der Waals surface area contributed by atoms with Crippen molar-refractivity contribution in [2.75, 3.05) is 0 Å². The predicted octanol–water partition coefficient (Wildman–Crippen LogP) is 2.70. The van der Waals surface area contributed by atoms with Crippen LogP contribution in [0.15, 0.2) is 18.3 Å². The van der Waals surface area contributed by atoms with E-state index in [1.165, 1.54) is 24.1 Å². The molecule has 0 N–H and O–H groups in total. The van der Waals surface area contributed by atoms with Crippen LogP contribution in [0, 0.1) is 0 Å². The third kappa shape index (κ3) is 1.54. The van der Waals surface area contributed by atoms with Crippen molar-refractivity contribution < 1.29 is 0 Å². The zero-order chi connectivity index (χ0) is 7.68. The van der Waals surface area contributed by atoms with Gasteiger partial charge in [0.1, 0.15) is 0 Å². The Balaban J connectivity index is 2.26. The van der Waals surface area contributed by atoms with Crippen molar-refractivity contribution in [3.63, 3.8) is 0 Å². The van der Waals surface area contributed by atoms with Gasteiger partial charge in [-0.05, 0) is 30.5 Å². The normalized spacial score (nSPS) is 16.8. The van der Waals surface area contributed by atoms with Gasteiger partial charge in [0.25, 0.3) is 0 Å². The van der Waals surface area contributed by atoms with E-state index >= 15 is 0 Å². The van der Waals surface area contributed by atoms with Crippen LogP contribution >= 0.6 is 11.6 Å². The molecule has 1 fully saturated rings. The summed E-state index contributed by atoms with van der Waals surface area (Å²) < 4.78 is 0. The summed E-state index contributed by atoms with van der Waals surface area (Å²) in [6.07, 6.45) is 4.46. The molecule has 0 radical (unpaired) electrons. The molecule has 0 aliphatic heterocycles. The molecule has 11 heavy (non-hydrogen) atoms. The highest BCUT2D eigenvalue weighted by atomic mass is 35.5. The van der Waals surface area contributed by atoms with E-state index in [-0.39, 0.29) is 0 Å². The predicted molar refractivity (Wildman–Crippen MR) is 45.8 cm³/mol. The van der Waals surface area contributed by atoms with Crippen LogP contribution in [0.1, 0.15) is 30.0 Å². The lowest BCUT2D eigenvalue weighted by molar-refractivity contribution is 1.01. The van der Waals surface area contributed by atoms with Gasteiger partial charge in [0.2, 0.25) is 0 Å². The summed E-state index contributed by atoms with van der Waals surface area (Å²) in [4.78, 5) is 4.29. The zero-order valence-electron chi connectivity index (χ0n) is 6.26. The Morgan fingerprint density at radius 3 is 3.00 bits per heavy atom. The average molecular weight is 168 g/mol. The van der Waals surface area contributed by atoms with Gasteiger partial charge in [0.15, 0.2) is 0 Å². The molecule has 1 aliphatic carbocycles. The Bertz CT molecular complexity index is 255. The zero-order valence-corrected chi connectivity index (χ0v) is 7.01. The van der Waals surface area contributed by atoms with E-state index in [4.69, 9.17) is 11.6 Å². The molecule has 2 heteroatoms. The molecule has 0 atom stereocenters. The number of hydrogen-bond acceptors (Lipinski definition) is 1. The fourth-order valence-corrected chi connectivity index (χ4v) is 1.35. The first-order valence-electron chi connectivity index (χ1n) is 3.91. The van der Waals surface area contributed by atoms with Crippen LogP contribution in [0.3, 0.4) is 0 Å². The number of nitrogens with zero attached hydrogens (tertiary/aromatic N) is 1. The van der Waals surface area contributed by atoms with Crippen molar-refractivity contribution in [3.05, 3.63) is 29.6 Å². The Morgan fingerprint density at radius 2 is 2.36 bits per heavy atom. The highest BCUT2D eigenvalue weighted by Crippen LogP contribution is 2.38. The van der Waals surface area contributed by atoms with Gasteiger partial charge < -0.3 is 0 Å². The molecule has 58 valence electrons. The van der Waals surface area contributed by atoms with Crippen LogP contribution in [0.5, 0.6) is 0 Å². The first-order valence-corrected chi connectivity index (χ1v) is 4.44. The van der Waals surface area contributed by atoms with Crippen molar-refractivity contribution in [2.45, 2.75) is 24.6 Å². The Morgan fingerprint density at radius 1 is 1.55 bits per heavy atom. The van der Waals surface area contributed by atoms with E-state index in [2.05, 4.69) is 11.1 Å². The number of hydrogen-bond donors (Lipinski definition) is 0. The van der Waals surface area contributed by atoms with Gasteiger partial charge in [-0.2, -0.15) is 0 Å². The Hall–Kier alpha value is -0.560. The second-order valence-corrected chi connectivity index (χ2v) is 3.26. The molecule has 1 aromatic heterocycles. The molecule has 1 aliphatic rings. The number of aromatic nitrogens is 1. The van der Waals surface area contributed by atoms with Crippen molar-refractivity contribution in [1.29, 1.82) is 0 Å². The smallest absolute Gasteiger partial charge is 0.0475 e. The number of pyridine rings is 1. The van der Waals surface area contributed by atoms with E-state index in [9.17, 15) is 0 Å². The fourth-order valence-electron chi connectivity index (χ4n) is 1.18. The summed E-state index contributed by atoms with van der Waals surface area (Å²) in [5.41, 5.74) is 2.41. The minimum atomic E-state index is 0.599. The first-order chi connectivity index (χ1) is 5.40. The molecule has 0 spiro atoms. The van der Waals surface area contributed by atoms with Gasteiger partial charge in [0, 0.05) is 23.7 Å². The van der Waals surface area contributed by atoms with Crippen LogP contribution in [0.4, 0.5) is 0 Å². The summed E-state index contributed by atoms with van der Waals surface area (Å²) in [6, 6.07) is 4.09. The molecule has 1 heterocycles. The topological polar surface area (TPSA) is 12.9 Å². The van der Waals surface area contributed by atoms with E-state index in [0.29, 0.717) is 5.88 Å². The Labute approximate surface area is 71.4 Å². The number of rotatable bonds is 2. The SMILES string of the molecule is ClCc1ccnc(C2CC2)c1. The quantitative estimate of drug-likeness (QED) is 0.618. The molecular weight excluding hydrogens is 158 g/mol. The lowest BCUT2D eigenvalue weighted by atomic mass is 10.2. The fraction of sp³-hybridized carbons (Fsp3) is 0.444. The molecule has 0 aromatic carbocycles. The molecular formula is C9H10ClN. The summed E-state index contributed by atoms with van der Waals surface area (Å²) >= 11 is 5.70. The summed E-state index contributed by atoms with van der Waals surface area (Å²) in [5.74, 6) is 1.33. The summed E-state index contributed by atoms with van der Waals surface area (Å²) in [5, 5.41) is 0. The third-order valence-corrected chi connectivity index (χ3v) is 2.30. The minimum absolute atomic E-state index is 0.599. The van der Waals surface area contributed by atoms with Crippen molar-refractivity contribution >= 4 is 11.6 Å². The first kappa shape index (κ1) is 7.11. The number of alkyl halides is 1. The van der Waals surface area contributed by atoms with Crippen LogP contribution in [0.2, 0.25) is 0 Å². The average Bonchev–Trinajstić information content (AvgIpc) is 2.87. The van der Waals surface area contributed by atoms with Crippen LogP contribution in [-0.4, -0.2) is 4.98 Å². The standard InChI is InChI=1S/C9H10ClN/c10-6-7-3-4-11-9(5-7)8-1-2-8/h3-5,8H,1-2,6H2. The monoisotopic (exact) mass is 167 g/mol. The second-order valence-electron chi connectivity index (χ2n) is 3.00. The van der Waals surface area contributed by atoms with Crippen LogP contribution in [-0.2, 0) is 5.88 Å². The third-order valence-electron chi connectivity index (χ3n) is 2.00. The van der Waals surface area contributed by atoms with E-state index in [1.54, 1.807) is 0 Å². The Kier molecular flexibility index (Phi) is 1.82. The lowest BCUT2D eigenvalue weighted by Crippen LogP contribution is -1.87. The van der Waals surface area contributed by atoms with E-state index in [1.807, 2.05) is 12.3 Å². The summed E-state index contributed by atoms with van der Waals surface area (Å²) in [7, 11) is 0. The molecule has 1 saturated carbocycles. The van der Waals surface area contributed by atoms with E-state index < -0.39 is 0 Å². The van der Waals surface area contributed by atoms with E-state index in [0.717, 1.165) is 5.92 Å². The van der Waals surface area contributed by atoms with Crippen LogP contribution in [0.25, 0.3) is 0 Å². The van der Waals surface area contributed by atoms with Gasteiger partial charge in [-0.15, -0.1) is 11.6 Å². The van der Waals surface area contributed by atoms with Crippen molar-refractivity contribution in [2.24, 2.45) is 0 Å². The lowest BCUT2D eigenvalue weighted by Gasteiger charge is -1.98. The molecule has 1 nitrogen and oxygen atoms in total. The molecule has 0 amide bonds. The molecule has 0 bridgehead atoms. The maximum absolute atomic E-state index is 5.70. The maximum atomic E-state index is 5.70. The molecule has 2 rings (SSSR count). The minimum Gasteiger partial charge on any atom is -0.261 e. The van der Waals surface area contributed by atoms with Gasteiger partial charge >= 0.3 is 0 Å². The summed E-state index contributed by atoms with van der Waals surface area (Å²) in [6.45, 7) is 0. The molecule has 0 saturated heterocycles. The maximum Gasteiger partial charge on any atom is 0.0475 e. The number of halogens is 1. The largest absolute Gasteiger partial charge is 0.261 e. The highest BCUT2D eigenvalue weighted by molar-refractivity contribution is 6.17. The van der Waals surface area contributed by atoms with Crippen molar-refractivity contribution in [1.82, 2.24) is 4.98 Å². The highest BCUT2D eigenvalue weighted by Gasteiger charge is 2.24. The second kappa shape index (κ2) is 2.82. The van der Waals surface area contributed by atoms with Crippen molar-refractivity contribution in [3.8, 4) is 0 Å². The van der Waals surface area contributed by atoms with Crippen LogP contribution < -0.4 is 0 Å². The van der Waals surface area contributed by atoms with Gasteiger partial charge in [-0.25, -0.2) is 0 Å². The molecule has 0 unspecified atom stereocenters. The van der Waals surface area contributed by atoms with Gasteiger partial charge in [-0.1, -0.05) is 0 Å². The van der Waals surface area contributed by atoms with Gasteiger partial charge in [0.05, 0.1) is 0 Å². The molecule has 1 aromatic rings. The van der Waals surface area contributed by atoms with Gasteiger partial charge in [-0.3, -0.25) is 4.98 Å².